The number of hydrogen-bond donors (Lipinski definition) is 4. The number of carbonyl (C=O) groups excluding carboxylic acids is 1. The summed E-state index contributed by atoms with van der Waals surface area (Å²) in [5, 5.41) is 10.4. The fourth-order valence-electron chi connectivity index (χ4n) is 3.25. The number of benzene rings is 1. The maximum atomic E-state index is 12.8. The van der Waals surface area contributed by atoms with Crippen molar-refractivity contribution in [2.45, 2.75) is 57.5 Å². The molecule has 0 bridgehead atoms. The molecule has 26 heavy (non-hydrogen) atoms. The monoisotopic (exact) mass is 379 g/mol. The normalized spacial score (nSPS) is 22.0. The second kappa shape index (κ2) is 10.8. The van der Waals surface area contributed by atoms with E-state index in [1.165, 1.54) is 0 Å². The third kappa shape index (κ3) is 6.18. The van der Waals surface area contributed by atoms with Crippen LogP contribution in [0.3, 0.4) is 0 Å². The zero-order valence-electron chi connectivity index (χ0n) is 16.1. The van der Waals surface area contributed by atoms with Gasteiger partial charge in [0.05, 0.1) is 12.6 Å². The molecule has 5 nitrogen and oxygen atoms in total. The lowest BCUT2D eigenvalue weighted by Crippen LogP contribution is -2.50. The van der Waals surface area contributed by atoms with Crippen LogP contribution < -0.4 is 20.7 Å². The molecule has 1 saturated heterocycles. The second-order valence-corrected chi connectivity index (χ2v) is 7.75. The molecule has 4 atom stereocenters. The van der Waals surface area contributed by atoms with Crippen LogP contribution in [0.2, 0.25) is 0 Å². The van der Waals surface area contributed by atoms with Gasteiger partial charge >= 0.3 is 0 Å². The number of amides is 1. The first-order valence-electron chi connectivity index (χ1n) is 9.68. The third-order valence-electron chi connectivity index (χ3n) is 5.00. The van der Waals surface area contributed by atoms with Gasteiger partial charge in [0.15, 0.2) is 0 Å². The predicted octanol–water partition coefficient (Wildman–Crippen LogP) is 2.37. The molecule has 1 heterocycles. The summed E-state index contributed by atoms with van der Waals surface area (Å²) < 4.78 is 5.64. The van der Waals surface area contributed by atoms with E-state index < -0.39 is 0 Å². The summed E-state index contributed by atoms with van der Waals surface area (Å²) >= 11 is 4.52. The van der Waals surface area contributed by atoms with Crippen LogP contribution in [0.15, 0.2) is 24.3 Å². The van der Waals surface area contributed by atoms with Gasteiger partial charge in [0, 0.05) is 36.5 Å². The van der Waals surface area contributed by atoms with Crippen LogP contribution in [0, 0.1) is 5.92 Å². The number of ether oxygens (including phenoxy) is 1. The minimum absolute atomic E-state index is 0.0473. The minimum Gasteiger partial charge on any atom is -0.494 e. The molecule has 0 aliphatic carbocycles. The first-order chi connectivity index (χ1) is 12.5. The lowest BCUT2D eigenvalue weighted by molar-refractivity contribution is -0.124. The van der Waals surface area contributed by atoms with Gasteiger partial charge in [-0.3, -0.25) is 4.79 Å². The van der Waals surface area contributed by atoms with Crippen molar-refractivity contribution in [1.29, 1.82) is 0 Å². The third-order valence-corrected chi connectivity index (χ3v) is 5.40. The number of thiol groups is 1. The largest absolute Gasteiger partial charge is 0.494 e. The smallest absolute Gasteiger partial charge is 0.237 e. The molecule has 1 aliphatic heterocycles. The summed E-state index contributed by atoms with van der Waals surface area (Å²) in [5.41, 5.74) is 1.00. The molecule has 3 N–H and O–H groups in total. The van der Waals surface area contributed by atoms with Gasteiger partial charge in [0.2, 0.25) is 5.91 Å². The van der Waals surface area contributed by atoms with Gasteiger partial charge in [-0.15, -0.1) is 0 Å². The average Bonchev–Trinajstić information content (AvgIpc) is 3.06. The van der Waals surface area contributed by atoms with E-state index in [4.69, 9.17) is 4.74 Å². The van der Waals surface area contributed by atoms with Gasteiger partial charge in [-0.05, 0) is 25.3 Å². The van der Waals surface area contributed by atoms with E-state index >= 15 is 0 Å². The lowest BCUT2D eigenvalue weighted by atomic mass is 9.97. The van der Waals surface area contributed by atoms with Crippen LogP contribution in [0.25, 0.3) is 0 Å². The van der Waals surface area contributed by atoms with Crippen molar-refractivity contribution in [1.82, 2.24) is 16.0 Å². The molecule has 1 aromatic rings. The Bertz CT molecular complexity index is 570. The van der Waals surface area contributed by atoms with Crippen molar-refractivity contribution in [3.8, 4) is 5.75 Å². The van der Waals surface area contributed by atoms with Gasteiger partial charge in [0.1, 0.15) is 5.75 Å². The Morgan fingerprint density at radius 1 is 1.38 bits per heavy atom. The summed E-state index contributed by atoms with van der Waals surface area (Å²) in [7, 11) is 0. The van der Waals surface area contributed by atoms with E-state index in [0.29, 0.717) is 24.4 Å². The molecule has 146 valence electrons. The van der Waals surface area contributed by atoms with Crippen molar-refractivity contribution in [3.05, 3.63) is 29.8 Å². The Morgan fingerprint density at radius 3 is 2.81 bits per heavy atom. The van der Waals surface area contributed by atoms with E-state index in [1.807, 2.05) is 31.2 Å². The SMILES string of the molecule is CCOc1ccccc1CNC(=O)[C@@H](NC[C@@H]1C[C@H](S)CN1)C(C)CC. The second-order valence-electron chi connectivity index (χ2n) is 7.02. The van der Waals surface area contributed by atoms with E-state index in [1.54, 1.807) is 0 Å². The summed E-state index contributed by atoms with van der Waals surface area (Å²) in [6, 6.07) is 8.04. The first kappa shape index (κ1) is 21.1. The highest BCUT2D eigenvalue weighted by Gasteiger charge is 2.27. The Kier molecular flexibility index (Phi) is 8.75. The number of carbonyl (C=O) groups is 1. The van der Waals surface area contributed by atoms with Crippen LogP contribution >= 0.6 is 12.6 Å². The zero-order valence-corrected chi connectivity index (χ0v) is 17.0. The summed E-state index contributed by atoms with van der Waals surface area (Å²) in [5.74, 6) is 1.15. The highest BCUT2D eigenvalue weighted by molar-refractivity contribution is 7.81. The van der Waals surface area contributed by atoms with Gasteiger partial charge in [-0.2, -0.15) is 12.6 Å². The number of para-hydroxylation sites is 1. The van der Waals surface area contributed by atoms with Crippen molar-refractivity contribution < 1.29 is 9.53 Å². The molecular weight excluding hydrogens is 346 g/mol. The van der Waals surface area contributed by atoms with E-state index in [-0.39, 0.29) is 17.9 Å². The molecule has 1 amide bonds. The number of nitrogens with one attached hydrogen (secondary N) is 3. The Balaban J connectivity index is 1.91. The van der Waals surface area contributed by atoms with Crippen molar-refractivity contribution in [2.24, 2.45) is 5.92 Å². The topological polar surface area (TPSA) is 62.4 Å². The minimum atomic E-state index is -0.194. The van der Waals surface area contributed by atoms with Crippen molar-refractivity contribution in [3.63, 3.8) is 0 Å². The number of hydrogen-bond acceptors (Lipinski definition) is 5. The van der Waals surface area contributed by atoms with Crippen molar-refractivity contribution in [2.75, 3.05) is 19.7 Å². The van der Waals surface area contributed by atoms with Crippen LogP contribution in [0.1, 0.15) is 39.2 Å². The number of rotatable bonds is 10. The van der Waals surface area contributed by atoms with Gasteiger partial charge in [-0.1, -0.05) is 38.5 Å². The van der Waals surface area contributed by atoms with E-state index in [2.05, 4.69) is 42.4 Å². The fourth-order valence-corrected chi connectivity index (χ4v) is 3.61. The summed E-state index contributed by atoms with van der Waals surface area (Å²) in [6.45, 7) is 9.01. The Hall–Kier alpha value is -1.24. The molecule has 1 aliphatic rings. The summed E-state index contributed by atoms with van der Waals surface area (Å²) in [6.07, 6.45) is 1.99. The maximum Gasteiger partial charge on any atom is 0.237 e. The van der Waals surface area contributed by atoms with Gasteiger partial charge < -0.3 is 20.7 Å². The quantitative estimate of drug-likeness (QED) is 0.472. The van der Waals surface area contributed by atoms with E-state index in [9.17, 15) is 4.79 Å². The van der Waals surface area contributed by atoms with Crippen LogP contribution in [-0.4, -0.2) is 42.9 Å². The molecule has 1 aromatic carbocycles. The molecule has 0 saturated carbocycles. The average molecular weight is 380 g/mol. The molecular formula is C20H33N3O2S. The van der Waals surface area contributed by atoms with Crippen molar-refractivity contribution >= 4 is 18.5 Å². The highest BCUT2D eigenvalue weighted by Crippen LogP contribution is 2.18. The molecule has 0 spiro atoms. The predicted molar refractivity (Wildman–Crippen MR) is 110 cm³/mol. The molecule has 1 fully saturated rings. The van der Waals surface area contributed by atoms with Gasteiger partial charge in [0.25, 0.3) is 0 Å². The maximum absolute atomic E-state index is 12.8. The van der Waals surface area contributed by atoms with Gasteiger partial charge in [-0.25, -0.2) is 0 Å². The van der Waals surface area contributed by atoms with Crippen LogP contribution in [0.4, 0.5) is 0 Å². The highest BCUT2D eigenvalue weighted by atomic mass is 32.1. The van der Waals surface area contributed by atoms with E-state index in [0.717, 1.165) is 37.2 Å². The Labute approximate surface area is 163 Å². The fraction of sp³-hybridized carbons (Fsp3) is 0.650. The lowest BCUT2D eigenvalue weighted by Gasteiger charge is -2.25. The molecule has 1 unspecified atom stereocenters. The standard InChI is InChI=1S/C20H33N3O2S/c1-4-14(3)19(22-12-16-10-17(26)13-21-16)20(24)23-11-15-8-6-7-9-18(15)25-5-2/h6-9,14,16-17,19,21-22,26H,4-5,10-13H2,1-3H3,(H,23,24)/t14?,16-,17-,19-/m0/s1. The van der Waals surface area contributed by atoms with Crippen LogP contribution in [-0.2, 0) is 11.3 Å². The molecule has 0 aromatic heterocycles. The molecule has 0 radical (unpaired) electrons. The first-order valence-corrected chi connectivity index (χ1v) is 10.2. The Morgan fingerprint density at radius 2 is 2.15 bits per heavy atom. The van der Waals surface area contributed by atoms with Crippen LogP contribution in [0.5, 0.6) is 5.75 Å². The molecule has 2 rings (SSSR count). The zero-order chi connectivity index (χ0) is 18.9. The molecule has 6 heteroatoms. The summed E-state index contributed by atoms with van der Waals surface area (Å²) in [4.78, 5) is 12.8.